The molecule has 0 spiro atoms. The summed E-state index contributed by atoms with van der Waals surface area (Å²) in [4.78, 5) is 6.88. The van der Waals surface area contributed by atoms with Gasteiger partial charge in [0, 0.05) is 26.7 Å². The molecule has 0 amide bonds. The van der Waals surface area contributed by atoms with E-state index >= 15 is 0 Å². The van der Waals surface area contributed by atoms with Gasteiger partial charge in [0.15, 0.2) is 5.96 Å². The summed E-state index contributed by atoms with van der Waals surface area (Å²) in [6.07, 6.45) is 11.3. The Morgan fingerprint density at radius 1 is 1.09 bits per heavy atom. The maximum atomic E-state index is 4.34. The molecule has 4 nitrogen and oxygen atoms in total. The van der Waals surface area contributed by atoms with E-state index in [9.17, 15) is 0 Å². The Bertz CT molecular complexity index is 323. The Kier molecular flexibility index (Phi) is 8.06. The molecule has 2 N–H and O–H groups in total. The van der Waals surface area contributed by atoms with Gasteiger partial charge < -0.3 is 15.5 Å². The number of unbranched alkanes of at least 4 members (excludes halogenated alkanes) is 1. The van der Waals surface area contributed by atoms with Crippen molar-refractivity contribution in [3.05, 3.63) is 0 Å². The maximum Gasteiger partial charge on any atom is 0.190 e. The summed E-state index contributed by atoms with van der Waals surface area (Å²) in [5, 5.41) is 6.97. The van der Waals surface area contributed by atoms with E-state index in [4.69, 9.17) is 0 Å². The highest BCUT2D eigenvalue weighted by molar-refractivity contribution is 5.79. The number of guanidine groups is 1. The van der Waals surface area contributed by atoms with Gasteiger partial charge in [-0.2, -0.15) is 0 Å². The van der Waals surface area contributed by atoms with Crippen molar-refractivity contribution in [3.63, 3.8) is 0 Å². The second kappa shape index (κ2) is 10.1. The third kappa shape index (κ3) is 6.15. The third-order valence-corrected chi connectivity index (χ3v) is 5.41. The van der Waals surface area contributed by atoms with Crippen LogP contribution in [0.1, 0.15) is 58.3 Å². The van der Waals surface area contributed by atoms with Crippen molar-refractivity contribution in [2.24, 2.45) is 16.8 Å². The number of likely N-dealkylation sites (tertiary alicyclic amines) is 1. The smallest absolute Gasteiger partial charge is 0.190 e. The lowest BCUT2D eigenvalue weighted by Gasteiger charge is -2.16. The Labute approximate surface area is 137 Å². The summed E-state index contributed by atoms with van der Waals surface area (Å²) in [5.74, 6) is 2.79. The first-order valence-electron chi connectivity index (χ1n) is 9.48. The Balaban J connectivity index is 1.50. The van der Waals surface area contributed by atoms with Gasteiger partial charge >= 0.3 is 0 Å². The van der Waals surface area contributed by atoms with E-state index in [1.165, 1.54) is 71.0 Å². The SMILES string of the molecule is CCN1CCC(CNC(=NC)NCCCCC2CCCC2)C1. The van der Waals surface area contributed by atoms with Crippen LogP contribution in [0.2, 0.25) is 0 Å². The van der Waals surface area contributed by atoms with E-state index in [0.29, 0.717) is 0 Å². The largest absolute Gasteiger partial charge is 0.356 e. The van der Waals surface area contributed by atoms with Gasteiger partial charge in [0.1, 0.15) is 0 Å². The monoisotopic (exact) mass is 308 g/mol. The van der Waals surface area contributed by atoms with E-state index in [2.05, 4.69) is 27.4 Å². The molecule has 1 saturated carbocycles. The maximum absolute atomic E-state index is 4.34. The first-order valence-corrected chi connectivity index (χ1v) is 9.48. The van der Waals surface area contributed by atoms with Gasteiger partial charge in [0.2, 0.25) is 0 Å². The zero-order valence-corrected chi connectivity index (χ0v) is 14.7. The highest BCUT2D eigenvalue weighted by Gasteiger charge is 2.20. The van der Waals surface area contributed by atoms with E-state index < -0.39 is 0 Å². The molecule has 1 saturated heterocycles. The fourth-order valence-corrected chi connectivity index (χ4v) is 3.89. The molecule has 22 heavy (non-hydrogen) atoms. The minimum atomic E-state index is 0.779. The minimum Gasteiger partial charge on any atom is -0.356 e. The van der Waals surface area contributed by atoms with Gasteiger partial charge in [-0.1, -0.05) is 45.4 Å². The summed E-state index contributed by atoms with van der Waals surface area (Å²) in [5.41, 5.74) is 0. The van der Waals surface area contributed by atoms with Crippen LogP contribution in [0.4, 0.5) is 0 Å². The average Bonchev–Trinajstić information content (AvgIpc) is 3.21. The Hall–Kier alpha value is -0.770. The van der Waals surface area contributed by atoms with Crippen LogP contribution in [0, 0.1) is 11.8 Å². The molecule has 0 aromatic heterocycles. The molecule has 0 bridgehead atoms. The van der Waals surface area contributed by atoms with Crippen LogP contribution in [0.15, 0.2) is 4.99 Å². The molecule has 1 unspecified atom stereocenters. The second-order valence-electron chi connectivity index (χ2n) is 7.07. The second-order valence-corrected chi connectivity index (χ2v) is 7.07. The third-order valence-electron chi connectivity index (χ3n) is 5.41. The molecule has 0 aromatic carbocycles. The fraction of sp³-hybridized carbons (Fsp3) is 0.944. The molecule has 1 atom stereocenters. The van der Waals surface area contributed by atoms with Crippen LogP contribution >= 0.6 is 0 Å². The lowest BCUT2D eigenvalue weighted by atomic mass is 10.0. The van der Waals surface area contributed by atoms with Crippen molar-refractivity contribution in [3.8, 4) is 0 Å². The summed E-state index contributed by atoms with van der Waals surface area (Å²) in [6.45, 7) is 8.04. The summed E-state index contributed by atoms with van der Waals surface area (Å²) < 4.78 is 0. The standard InChI is InChI=1S/C18H36N4/c1-3-22-13-11-17(15-22)14-21-18(19-2)20-12-7-6-10-16-8-4-5-9-16/h16-17H,3-15H2,1-2H3,(H2,19,20,21). The van der Waals surface area contributed by atoms with Gasteiger partial charge in [0.05, 0.1) is 0 Å². The van der Waals surface area contributed by atoms with Crippen molar-refractivity contribution in [1.29, 1.82) is 0 Å². The number of nitrogens with one attached hydrogen (secondary N) is 2. The predicted octanol–water partition coefficient (Wildman–Crippen LogP) is 2.85. The van der Waals surface area contributed by atoms with Crippen molar-refractivity contribution in [2.45, 2.75) is 58.3 Å². The lowest BCUT2D eigenvalue weighted by molar-refractivity contribution is 0.342. The van der Waals surface area contributed by atoms with Gasteiger partial charge in [-0.15, -0.1) is 0 Å². The van der Waals surface area contributed by atoms with Crippen LogP contribution in [0.25, 0.3) is 0 Å². The Morgan fingerprint density at radius 3 is 2.59 bits per heavy atom. The van der Waals surface area contributed by atoms with E-state index in [1.54, 1.807) is 0 Å². The summed E-state index contributed by atoms with van der Waals surface area (Å²) >= 11 is 0. The predicted molar refractivity (Wildman–Crippen MR) is 95.4 cm³/mol. The molecule has 1 aliphatic heterocycles. The molecule has 0 radical (unpaired) electrons. The van der Waals surface area contributed by atoms with Crippen molar-refractivity contribution in [2.75, 3.05) is 39.8 Å². The van der Waals surface area contributed by atoms with E-state index in [0.717, 1.165) is 30.9 Å². The molecule has 1 aliphatic carbocycles. The van der Waals surface area contributed by atoms with Crippen LogP contribution in [0.3, 0.4) is 0 Å². The number of hydrogen-bond acceptors (Lipinski definition) is 2. The molecule has 2 fully saturated rings. The number of aliphatic imine (C=N–C) groups is 1. The molecule has 2 aliphatic rings. The van der Waals surface area contributed by atoms with Gasteiger partial charge in [-0.3, -0.25) is 4.99 Å². The van der Waals surface area contributed by atoms with Crippen LogP contribution < -0.4 is 10.6 Å². The molecule has 2 rings (SSSR count). The molecule has 4 heteroatoms. The number of hydrogen-bond donors (Lipinski definition) is 2. The molecular weight excluding hydrogens is 272 g/mol. The summed E-state index contributed by atoms with van der Waals surface area (Å²) in [7, 11) is 1.88. The fourth-order valence-electron chi connectivity index (χ4n) is 3.89. The number of rotatable bonds is 8. The first kappa shape index (κ1) is 17.6. The zero-order valence-electron chi connectivity index (χ0n) is 14.7. The minimum absolute atomic E-state index is 0.779. The van der Waals surface area contributed by atoms with Crippen LogP contribution in [-0.4, -0.2) is 50.6 Å². The molecule has 1 heterocycles. The quantitative estimate of drug-likeness (QED) is 0.411. The van der Waals surface area contributed by atoms with Gasteiger partial charge in [-0.05, 0) is 37.8 Å². The highest BCUT2D eigenvalue weighted by Crippen LogP contribution is 2.28. The molecule has 0 aromatic rings. The van der Waals surface area contributed by atoms with Gasteiger partial charge in [0.25, 0.3) is 0 Å². The average molecular weight is 309 g/mol. The van der Waals surface area contributed by atoms with Gasteiger partial charge in [-0.25, -0.2) is 0 Å². The lowest BCUT2D eigenvalue weighted by Crippen LogP contribution is -2.40. The first-order chi connectivity index (χ1) is 10.8. The molecular formula is C18H36N4. The topological polar surface area (TPSA) is 39.7 Å². The highest BCUT2D eigenvalue weighted by atomic mass is 15.2. The van der Waals surface area contributed by atoms with Crippen LogP contribution in [0.5, 0.6) is 0 Å². The number of nitrogens with zero attached hydrogens (tertiary/aromatic N) is 2. The van der Waals surface area contributed by atoms with Crippen molar-refractivity contribution < 1.29 is 0 Å². The normalized spacial score (nSPS) is 24.1. The van der Waals surface area contributed by atoms with Crippen LogP contribution in [-0.2, 0) is 0 Å². The van der Waals surface area contributed by atoms with E-state index in [1.807, 2.05) is 7.05 Å². The van der Waals surface area contributed by atoms with E-state index in [-0.39, 0.29) is 0 Å². The zero-order chi connectivity index (χ0) is 15.6. The molecule has 128 valence electrons. The van der Waals surface area contributed by atoms with Crippen molar-refractivity contribution in [1.82, 2.24) is 15.5 Å². The Morgan fingerprint density at radius 2 is 1.91 bits per heavy atom. The van der Waals surface area contributed by atoms with Crippen molar-refractivity contribution >= 4 is 5.96 Å². The summed E-state index contributed by atoms with van der Waals surface area (Å²) in [6, 6.07) is 0.